The van der Waals surface area contributed by atoms with Gasteiger partial charge in [0, 0.05) is 5.92 Å². The van der Waals surface area contributed by atoms with Crippen molar-refractivity contribution in [3.63, 3.8) is 0 Å². The monoisotopic (exact) mass is 183 g/mol. The van der Waals surface area contributed by atoms with Crippen molar-refractivity contribution in [2.24, 2.45) is 5.92 Å². The predicted molar refractivity (Wildman–Crippen MR) is 52.0 cm³/mol. The lowest BCUT2D eigenvalue weighted by Gasteiger charge is -2.05. The van der Waals surface area contributed by atoms with Gasteiger partial charge in [-0.1, -0.05) is 27.7 Å². The zero-order valence-electron chi connectivity index (χ0n) is 8.68. The molecule has 1 N–H and O–H groups in total. The summed E-state index contributed by atoms with van der Waals surface area (Å²) in [5, 5.41) is 0. The van der Waals surface area contributed by atoms with Crippen LogP contribution >= 0.6 is 0 Å². The lowest BCUT2D eigenvalue weighted by Crippen LogP contribution is -2.01. The molecule has 3 heteroatoms. The second kappa shape index (κ2) is 3.81. The molecule has 0 aliphatic rings. The Hall–Kier alpha value is -0.990. The van der Waals surface area contributed by atoms with E-state index in [1.54, 1.807) is 0 Å². The Balaban J connectivity index is 2.97. The van der Waals surface area contributed by atoms with Crippen molar-refractivity contribution >= 4 is 0 Å². The number of aromatic amines is 1. The number of hydrogen-bond acceptors (Lipinski definition) is 2. The Morgan fingerprint density at radius 2 is 1.92 bits per heavy atom. The second-order valence-corrected chi connectivity index (χ2v) is 4.11. The van der Waals surface area contributed by atoms with E-state index in [0.29, 0.717) is 5.92 Å². The minimum atomic E-state index is -0.334. The van der Waals surface area contributed by atoms with Gasteiger partial charge in [0.25, 0.3) is 0 Å². The molecule has 1 heterocycles. The van der Waals surface area contributed by atoms with Gasteiger partial charge >= 0.3 is 5.76 Å². The van der Waals surface area contributed by atoms with Crippen LogP contribution in [0.5, 0.6) is 0 Å². The van der Waals surface area contributed by atoms with Crippen LogP contribution in [0, 0.1) is 5.92 Å². The Morgan fingerprint density at radius 1 is 1.31 bits per heavy atom. The molecule has 0 aliphatic carbocycles. The fourth-order valence-electron chi connectivity index (χ4n) is 1.40. The van der Waals surface area contributed by atoms with Crippen LogP contribution in [-0.4, -0.2) is 4.98 Å². The van der Waals surface area contributed by atoms with Crippen molar-refractivity contribution < 1.29 is 4.42 Å². The van der Waals surface area contributed by atoms with Gasteiger partial charge in [0.2, 0.25) is 0 Å². The molecule has 1 rings (SSSR count). The number of oxazole rings is 1. The molecule has 1 aromatic rings. The van der Waals surface area contributed by atoms with Crippen molar-refractivity contribution in [1.82, 2.24) is 4.98 Å². The summed E-state index contributed by atoms with van der Waals surface area (Å²) >= 11 is 0. The maximum Gasteiger partial charge on any atom is 0.416 e. The van der Waals surface area contributed by atoms with E-state index in [1.807, 2.05) is 13.8 Å². The molecule has 0 saturated heterocycles. The normalized spacial score (nSPS) is 11.5. The van der Waals surface area contributed by atoms with E-state index in [4.69, 9.17) is 4.42 Å². The van der Waals surface area contributed by atoms with Gasteiger partial charge in [-0.3, -0.25) is 4.98 Å². The predicted octanol–water partition coefficient (Wildman–Crippen LogP) is 2.29. The first-order valence-electron chi connectivity index (χ1n) is 4.72. The summed E-state index contributed by atoms with van der Waals surface area (Å²) in [5.74, 6) is 1.27. The van der Waals surface area contributed by atoms with E-state index < -0.39 is 0 Å². The van der Waals surface area contributed by atoms with Crippen LogP contribution in [0.3, 0.4) is 0 Å². The Bertz CT molecular complexity index is 320. The molecule has 0 aliphatic heterocycles. The van der Waals surface area contributed by atoms with E-state index in [0.717, 1.165) is 17.9 Å². The molecule has 0 aromatic carbocycles. The topological polar surface area (TPSA) is 46.0 Å². The molecule has 0 fully saturated rings. The summed E-state index contributed by atoms with van der Waals surface area (Å²) in [6.07, 6.45) is 0.874. The SMILES string of the molecule is CC(C)Cc1[nH]c(=O)oc1C(C)C. The summed E-state index contributed by atoms with van der Waals surface area (Å²) in [6.45, 7) is 8.29. The molecule has 0 spiro atoms. The highest BCUT2D eigenvalue weighted by atomic mass is 16.4. The third-order valence-corrected chi connectivity index (χ3v) is 1.89. The zero-order valence-corrected chi connectivity index (χ0v) is 8.68. The first-order valence-corrected chi connectivity index (χ1v) is 4.72. The van der Waals surface area contributed by atoms with E-state index in [-0.39, 0.29) is 11.7 Å². The maximum atomic E-state index is 11.0. The number of nitrogens with one attached hydrogen (secondary N) is 1. The van der Waals surface area contributed by atoms with Crippen LogP contribution < -0.4 is 5.76 Å². The largest absolute Gasteiger partial charge is 0.416 e. The van der Waals surface area contributed by atoms with Crippen molar-refractivity contribution in [3.8, 4) is 0 Å². The van der Waals surface area contributed by atoms with Gasteiger partial charge in [-0.2, -0.15) is 0 Å². The molecule has 0 atom stereocenters. The molecule has 74 valence electrons. The van der Waals surface area contributed by atoms with Crippen molar-refractivity contribution in [2.75, 3.05) is 0 Å². The molecule has 0 bridgehead atoms. The molecule has 0 radical (unpaired) electrons. The minimum Gasteiger partial charge on any atom is -0.413 e. The second-order valence-electron chi connectivity index (χ2n) is 4.11. The van der Waals surface area contributed by atoms with Gasteiger partial charge in [-0.25, -0.2) is 4.79 Å². The van der Waals surface area contributed by atoms with Crippen LogP contribution in [0.25, 0.3) is 0 Å². The van der Waals surface area contributed by atoms with E-state index in [1.165, 1.54) is 0 Å². The van der Waals surface area contributed by atoms with E-state index in [2.05, 4.69) is 18.8 Å². The van der Waals surface area contributed by atoms with Gasteiger partial charge in [0.1, 0.15) is 5.76 Å². The number of rotatable bonds is 3. The van der Waals surface area contributed by atoms with Gasteiger partial charge in [-0.05, 0) is 12.3 Å². The summed E-state index contributed by atoms with van der Waals surface area (Å²) in [6, 6.07) is 0. The fraction of sp³-hybridized carbons (Fsp3) is 0.700. The summed E-state index contributed by atoms with van der Waals surface area (Å²) in [4.78, 5) is 13.7. The van der Waals surface area contributed by atoms with Crippen molar-refractivity contribution in [1.29, 1.82) is 0 Å². The van der Waals surface area contributed by atoms with Crippen LogP contribution in [-0.2, 0) is 6.42 Å². The highest BCUT2D eigenvalue weighted by Gasteiger charge is 2.13. The quantitative estimate of drug-likeness (QED) is 0.781. The third kappa shape index (κ3) is 2.47. The van der Waals surface area contributed by atoms with Crippen LogP contribution in [0.2, 0.25) is 0 Å². The summed E-state index contributed by atoms with van der Waals surface area (Å²) in [5.41, 5.74) is 0.954. The first-order chi connectivity index (χ1) is 6.00. The molecule has 0 amide bonds. The standard InChI is InChI=1S/C10H17NO2/c1-6(2)5-8-9(7(3)4)13-10(12)11-8/h6-7H,5H2,1-4H3,(H,11,12). The van der Waals surface area contributed by atoms with Gasteiger partial charge < -0.3 is 4.42 Å². The lowest BCUT2D eigenvalue weighted by molar-refractivity contribution is 0.446. The fourth-order valence-corrected chi connectivity index (χ4v) is 1.40. The van der Waals surface area contributed by atoms with Crippen LogP contribution in [0.1, 0.15) is 45.1 Å². The average Bonchev–Trinajstić information content (AvgIpc) is 2.29. The molecule has 1 aromatic heterocycles. The van der Waals surface area contributed by atoms with E-state index >= 15 is 0 Å². The summed E-state index contributed by atoms with van der Waals surface area (Å²) in [7, 11) is 0. The Labute approximate surface area is 78.2 Å². The lowest BCUT2D eigenvalue weighted by atomic mass is 10.0. The molecule has 0 unspecified atom stereocenters. The van der Waals surface area contributed by atoms with Crippen LogP contribution in [0.15, 0.2) is 9.21 Å². The summed E-state index contributed by atoms with van der Waals surface area (Å²) < 4.78 is 5.07. The van der Waals surface area contributed by atoms with Gasteiger partial charge in [0.15, 0.2) is 0 Å². The Kier molecular flexibility index (Phi) is 2.96. The van der Waals surface area contributed by atoms with Crippen LogP contribution in [0.4, 0.5) is 0 Å². The van der Waals surface area contributed by atoms with Crippen molar-refractivity contribution in [3.05, 3.63) is 22.0 Å². The van der Waals surface area contributed by atoms with Gasteiger partial charge in [0.05, 0.1) is 5.69 Å². The molecule has 3 nitrogen and oxygen atoms in total. The number of aromatic nitrogens is 1. The molecular weight excluding hydrogens is 166 g/mol. The molecular formula is C10H17NO2. The molecule has 0 saturated carbocycles. The molecule has 13 heavy (non-hydrogen) atoms. The number of H-pyrrole nitrogens is 1. The third-order valence-electron chi connectivity index (χ3n) is 1.89. The zero-order chi connectivity index (χ0) is 10.0. The maximum absolute atomic E-state index is 11.0. The average molecular weight is 183 g/mol. The Morgan fingerprint density at radius 3 is 2.38 bits per heavy atom. The number of hydrogen-bond donors (Lipinski definition) is 1. The van der Waals surface area contributed by atoms with E-state index in [9.17, 15) is 4.79 Å². The van der Waals surface area contributed by atoms with Crippen molar-refractivity contribution in [2.45, 2.75) is 40.0 Å². The highest BCUT2D eigenvalue weighted by molar-refractivity contribution is 5.11. The first kappa shape index (κ1) is 10.1. The minimum absolute atomic E-state index is 0.271. The smallest absolute Gasteiger partial charge is 0.413 e. The van der Waals surface area contributed by atoms with Gasteiger partial charge in [-0.15, -0.1) is 0 Å². The highest BCUT2D eigenvalue weighted by Crippen LogP contribution is 2.18.